The van der Waals surface area contributed by atoms with Gasteiger partial charge >= 0.3 is 11.9 Å². The lowest BCUT2D eigenvalue weighted by atomic mass is 10.3. The molecular formula is C10H8F3N3O3S. The topological polar surface area (TPSA) is 81.2 Å². The van der Waals surface area contributed by atoms with Gasteiger partial charge in [-0.2, -0.15) is 18.3 Å². The van der Waals surface area contributed by atoms with E-state index in [2.05, 4.69) is 5.10 Å². The van der Waals surface area contributed by atoms with Crippen molar-refractivity contribution in [1.82, 2.24) is 9.78 Å². The van der Waals surface area contributed by atoms with Gasteiger partial charge in [0.1, 0.15) is 0 Å². The fraction of sp³-hybridized carbons (Fsp3) is 0.300. The Hall–Kier alpha value is -1.94. The molecule has 0 aliphatic carbocycles. The van der Waals surface area contributed by atoms with E-state index in [9.17, 15) is 28.4 Å². The van der Waals surface area contributed by atoms with Gasteiger partial charge in [0.15, 0.2) is 10.7 Å². The number of alkyl halides is 3. The number of hydrogen-bond donors (Lipinski definition) is 1. The first-order valence-electron chi connectivity index (χ1n) is 5.29. The number of rotatable bonds is 3. The zero-order valence-electron chi connectivity index (χ0n) is 9.96. The standard InChI is InChI=1S/C10H8F3N3O3S/c1-5(17)7-4-6(16(18)19)9(20-7)15-3-2-8(14-15)10(11,12)13/h2-5,17H,1H3. The minimum absolute atomic E-state index is 0.0820. The van der Waals surface area contributed by atoms with Gasteiger partial charge < -0.3 is 5.11 Å². The summed E-state index contributed by atoms with van der Waals surface area (Å²) >= 11 is 0.814. The molecule has 0 saturated heterocycles. The van der Waals surface area contributed by atoms with Crippen LogP contribution in [0.2, 0.25) is 0 Å². The molecule has 0 fully saturated rings. The molecule has 0 aliphatic heterocycles. The Morgan fingerprint density at radius 3 is 2.65 bits per heavy atom. The third-order valence-electron chi connectivity index (χ3n) is 2.41. The van der Waals surface area contributed by atoms with E-state index in [1.807, 2.05) is 0 Å². The molecule has 2 rings (SSSR count). The highest BCUT2D eigenvalue weighted by Gasteiger charge is 2.34. The van der Waals surface area contributed by atoms with Crippen LogP contribution in [-0.4, -0.2) is 19.8 Å². The Morgan fingerprint density at radius 1 is 1.55 bits per heavy atom. The second kappa shape index (κ2) is 4.87. The Bertz CT molecular complexity index is 648. The first-order chi connectivity index (χ1) is 9.20. The summed E-state index contributed by atoms with van der Waals surface area (Å²) < 4.78 is 38.2. The number of nitro groups is 1. The lowest BCUT2D eigenvalue weighted by Gasteiger charge is -2.01. The van der Waals surface area contributed by atoms with Crippen LogP contribution in [0.15, 0.2) is 18.3 Å². The van der Waals surface area contributed by atoms with Crippen molar-refractivity contribution >= 4 is 17.0 Å². The largest absolute Gasteiger partial charge is 0.435 e. The van der Waals surface area contributed by atoms with Gasteiger partial charge in [-0.25, -0.2) is 4.68 Å². The Morgan fingerprint density at radius 2 is 2.20 bits per heavy atom. The quantitative estimate of drug-likeness (QED) is 0.698. The molecule has 6 nitrogen and oxygen atoms in total. The summed E-state index contributed by atoms with van der Waals surface area (Å²) in [5.74, 6) is 0. The molecule has 2 aromatic heterocycles. The van der Waals surface area contributed by atoms with E-state index in [1.165, 1.54) is 6.92 Å². The van der Waals surface area contributed by atoms with Crippen LogP contribution in [0.25, 0.3) is 5.00 Å². The summed E-state index contributed by atoms with van der Waals surface area (Å²) in [6.07, 6.45) is -4.58. The minimum atomic E-state index is -4.62. The summed E-state index contributed by atoms with van der Waals surface area (Å²) in [4.78, 5) is 10.4. The number of halogens is 3. The van der Waals surface area contributed by atoms with E-state index >= 15 is 0 Å². The Balaban J connectivity index is 2.51. The van der Waals surface area contributed by atoms with Gasteiger partial charge in [-0.1, -0.05) is 0 Å². The highest BCUT2D eigenvalue weighted by Crippen LogP contribution is 2.36. The van der Waals surface area contributed by atoms with Crippen LogP contribution in [0.3, 0.4) is 0 Å². The van der Waals surface area contributed by atoms with Crippen LogP contribution in [0.5, 0.6) is 0 Å². The molecule has 0 radical (unpaired) electrons. The average molecular weight is 307 g/mol. The SMILES string of the molecule is CC(O)c1cc([N+](=O)[O-])c(-n2ccc(C(F)(F)F)n2)s1. The number of aromatic nitrogens is 2. The molecule has 1 atom stereocenters. The number of aliphatic hydroxyl groups excluding tert-OH is 1. The van der Waals surface area contributed by atoms with Crippen molar-refractivity contribution < 1.29 is 23.2 Å². The van der Waals surface area contributed by atoms with E-state index in [0.717, 1.165) is 34.3 Å². The second-order valence-electron chi connectivity index (χ2n) is 3.92. The predicted octanol–water partition coefficient (Wildman–Crippen LogP) is 2.91. The fourth-order valence-corrected chi connectivity index (χ4v) is 2.48. The monoisotopic (exact) mass is 307 g/mol. The zero-order chi connectivity index (χ0) is 15.1. The second-order valence-corrected chi connectivity index (χ2v) is 4.98. The van der Waals surface area contributed by atoms with Gasteiger partial charge in [-0.05, 0) is 13.0 Å². The zero-order valence-corrected chi connectivity index (χ0v) is 10.8. The van der Waals surface area contributed by atoms with Gasteiger partial charge in [0.25, 0.3) is 0 Å². The van der Waals surface area contributed by atoms with Crippen molar-refractivity contribution in [3.63, 3.8) is 0 Å². The summed E-state index contributed by atoms with van der Waals surface area (Å²) in [7, 11) is 0. The third-order valence-corrected chi connectivity index (χ3v) is 3.69. The van der Waals surface area contributed by atoms with Crippen LogP contribution < -0.4 is 0 Å². The van der Waals surface area contributed by atoms with Crippen molar-refractivity contribution in [1.29, 1.82) is 0 Å². The summed E-state index contributed by atoms with van der Waals surface area (Å²) in [5, 5.41) is 23.5. The molecule has 0 aromatic carbocycles. The highest BCUT2D eigenvalue weighted by atomic mass is 32.1. The Kier molecular flexibility index (Phi) is 3.52. The maximum atomic E-state index is 12.5. The van der Waals surface area contributed by atoms with Gasteiger partial charge in [0.05, 0.1) is 11.0 Å². The van der Waals surface area contributed by atoms with E-state index in [4.69, 9.17) is 0 Å². The smallest absolute Gasteiger partial charge is 0.388 e. The van der Waals surface area contributed by atoms with Crippen molar-refractivity contribution in [2.45, 2.75) is 19.2 Å². The highest BCUT2D eigenvalue weighted by molar-refractivity contribution is 7.15. The first kappa shape index (κ1) is 14.5. The molecule has 0 spiro atoms. The molecule has 0 bridgehead atoms. The molecule has 2 heterocycles. The summed E-state index contributed by atoms with van der Waals surface area (Å²) in [5.41, 5.74) is -1.54. The normalized spacial score (nSPS) is 13.4. The summed E-state index contributed by atoms with van der Waals surface area (Å²) in [6, 6.07) is 1.85. The molecule has 1 unspecified atom stereocenters. The van der Waals surface area contributed by atoms with Crippen molar-refractivity contribution in [3.05, 3.63) is 39.0 Å². The molecule has 0 amide bonds. The van der Waals surface area contributed by atoms with E-state index < -0.39 is 28.6 Å². The maximum absolute atomic E-state index is 12.5. The lowest BCUT2D eigenvalue weighted by molar-refractivity contribution is -0.384. The van der Waals surface area contributed by atoms with Gasteiger partial charge in [-0.3, -0.25) is 10.1 Å². The summed E-state index contributed by atoms with van der Waals surface area (Å²) in [6.45, 7) is 1.41. The molecule has 0 aliphatic rings. The van der Waals surface area contributed by atoms with Crippen LogP contribution >= 0.6 is 11.3 Å². The molecule has 0 saturated carbocycles. The number of aliphatic hydroxyl groups is 1. The van der Waals surface area contributed by atoms with E-state index in [1.54, 1.807) is 0 Å². The number of thiophene rings is 1. The minimum Gasteiger partial charge on any atom is -0.388 e. The van der Waals surface area contributed by atoms with Gasteiger partial charge in [0, 0.05) is 17.1 Å². The van der Waals surface area contributed by atoms with Crippen LogP contribution in [0.4, 0.5) is 18.9 Å². The molecule has 108 valence electrons. The van der Waals surface area contributed by atoms with E-state index in [0.29, 0.717) is 0 Å². The average Bonchev–Trinajstić information content (AvgIpc) is 2.94. The molecule has 20 heavy (non-hydrogen) atoms. The molecule has 2 aromatic rings. The molecular weight excluding hydrogens is 299 g/mol. The molecule has 10 heteroatoms. The fourth-order valence-electron chi connectivity index (χ4n) is 1.48. The van der Waals surface area contributed by atoms with Crippen LogP contribution in [-0.2, 0) is 6.18 Å². The van der Waals surface area contributed by atoms with Gasteiger partial charge in [0.2, 0.25) is 0 Å². The molecule has 1 N–H and O–H groups in total. The Labute approximate surface area is 114 Å². The van der Waals surface area contributed by atoms with E-state index in [-0.39, 0.29) is 9.88 Å². The van der Waals surface area contributed by atoms with Crippen molar-refractivity contribution in [3.8, 4) is 5.00 Å². The maximum Gasteiger partial charge on any atom is 0.435 e. The van der Waals surface area contributed by atoms with Gasteiger partial charge in [-0.15, -0.1) is 11.3 Å². The first-order valence-corrected chi connectivity index (χ1v) is 6.11. The third kappa shape index (κ3) is 2.65. The number of hydrogen-bond acceptors (Lipinski definition) is 5. The predicted molar refractivity (Wildman–Crippen MR) is 63.7 cm³/mol. The van der Waals surface area contributed by atoms with Crippen LogP contribution in [0.1, 0.15) is 23.6 Å². The van der Waals surface area contributed by atoms with Crippen molar-refractivity contribution in [2.75, 3.05) is 0 Å². The van der Waals surface area contributed by atoms with Crippen molar-refractivity contribution in [2.24, 2.45) is 0 Å². The number of nitrogens with zero attached hydrogens (tertiary/aromatic N) is 3. The lowest BCUT2D eigenvalue weighted by Crippen LogP contribution is -2.07. The van der Waals surface area contributed by atoms with Crippen LogP contribution in [0, 0.1) is 10.1 Å².